The predicted octanol–water partition coefficient (Wildman–Crippen LogP) is 3.76. The second-order valence-electron chi connectivity index (χ2n) is 6.59. The molecule has 1 amide bonds. The molecule has 1 unspecified atom stereocenters. The van der Waals surface area contributed by atoms with Gasteiger partial charge in [-0.05, 0) is 50.1 Å². The predicted molar refractivity (Wildman–Crippen MR) is 98.8 cm³/mol. The quantitative estimate of drug-likeness (QED) is 0.794. The van der Waals surface area contributed by atoms with E-state index in [9.17, 15) is 4.79 Å². The normalized spacial score (nSPS) is 16.9. The van der Waals surface area contributed by atoms with Crippen LogP contribution >= 0.6 is 0 Å². The largest absolute Gasteiger partial charge is 0.356 e. The van der Waals surface area contributed by atoms with Gasteiger partial charge in [0.2, 0.25) is 5.91 Å². The van der Waals surface area contributed by atoms with Crippen molar-refractivity contribution in [3.8, 4) is 17.1 Å². The Balaban J connectivity index is 1.66. The molecule has 1 aliphatic heterocycles. The first-order valence-corrected chi connectivity index (χ1v) is 8.64. The number of nitrogens with zero attached hydrogens (tertiary/aromatic N) is 2. The van der Waals surface area contributed by atoms with E-state index in [0.29, 0.717) is 0 Å². The van der Waals surface area contributed by atoms with Gasteiger partial charge in [0, 0.05) is 23.5 Å². The van der Waals surface area contributed by atoms with Crippen LogP contribution in [0.2, 0.25) is 0 Å². The number of pyridine rings is 1. The Bertz CT molecular complexity index is 905. The third kappa shape index (κ3) is 2.84. The Morgan fingerprint density at radius 1 is 1.00 bits per heavy atom. The monoisotopic (exact) mass is 331 g/mol. The van der Waals surface area contributed by atoms with E-state index in [1.165, 1.54) is 11.4 Å². The van der Waals surface area contributed by atoms with E-state index in [4.69, 9.17) is 4.98 Å². The first kappa shape index (κ1) is 15.6. The van der Waals surface area contributed by atoms with E-state index >= 15 is 0 Å². The third-order valence-corrected chi connectivity index (χ3v) is 4.89. The van der Waals surface area contributed by atoms with E-state index in [1.807, 2.05) is 30.3 Å². The second kappa shape index (κ2) is 6.20. The lowest BCUT2D eigenvalue weighted by atomic mass is 9.96. The van der Waals surface area contributed by atoms with Crippen molar-refractivity contribution in [1.82, 2.24) is 14.9 Å². The molecule has 0 saturated carbocycles. The van der Waals surface area contributed by atoms with Crippen LogP contribution in [-0.4, -0.2) is 22.0 Å². The molecule has 1 saturated heterocycles. The Labute approximate surface area is 147 Å². The first-order chi connectivity index (χ1) is 12.1. The smallest absolute Gasteiger partial charge is 0.227 e. The van der Waals surface area contributed by atoms with Gasteiger partial charge in [-0.25, -0.2) is 4.98 Å². The summed E-state index contributed by atoms with van der Waals surface area (Å²) in [4.78, 5) is 16.7. The number of carbonyl (C=O) groups excluding carboxylic acids is 1. The lowest BCUT2D eigenvalue weighted by Gasteiger charge is -2.11. The summed E-state index contributed by atoms with van der Waals surface area (Å²) < 4.78 is 2.15. The zero-order valence-corrected chi connectivity index (χ0v) is 14.5. The van der Waals surface area contributed by atoms with Crippen LogP contribution in [0, 0.1) is 13.8 Å². The minimum Gasteiger partial charge on any atom is -0.356 e. The summed E-state index contributed by atoms with van der Waals surface area (Å²) in [6, 6.07) is 18.5. The van der Waals surface area contributed by atoms with E-state index in [0.717, 1.165) is 35.6 Å². The van der Waals surface area contributed by atoms with E-state index < -0.39 is 0 Å². The summed E-state index contributed by atoms with van der Waals surface area (Å²) >= 11 is 0. The Morgan fingerprint density at radius 2 is 1.72 bits per heavy atom. The van der Waals surface area contributed by atoms with Crippen molar-refractivity contribution in [1.29, 1.82) is 0 Å². The fraction of sp³-hybridized carbons (Fsp3) is 0.238. The van der Waals surface area contributed by atoms with Crippen LogP contribution in [0.4, 0.5) is 0 Å². The van der Waals surface area contributed by atoms with Crippen molar-refractivity contribution in [2.24, 2.45) is 0 Å². The summed E-state index contributed by atoms with van der Waals surface area (Å²) in [5, 5.41) is 2.89. The number of rotatable bonds is 3. The summed E-state index contributed by atoms with van der Waals surface area (Å²) in [6.45, 7) is 4.94. The van der Waals surface area contributed by atoms with Crippen LogP contribution < -0.4 is 5.32 Å². The molecular formula is C21H21N3O. The zero-order chi connectivity index (χ0) is 17.4. The zero-order valence-electron chi connectivity index (χ0n) is 14.5. The van der Waals surface area contributed by atoms with E-state index in [1.54, 1.807) is 0 Å². The minimum absolute atomic E-state index is 0.0153. The van der Waals surface area contributed by atoms with Crippen LogP contribution in [0.1, 0.15) is 29.3 Å². The molecule has 2 aromatic heterocycles. The van der Waals surface area contributed by atoms with Crippen molar-refractivity contribution in [3.05, 3.63) is 71.5 Å². The molecule has 1 fully saturated rings. The Kier molecular flexibility index (Phi) is 3.88. The Morgan fingerprint density at radius 3 is 2.36 bits per heavy atom. The molecule has 1 atom stereocenters. The maximum absolute atomic E-state index is 11.8. The molecule has 126 valence electrons. The highest BCUT2D eigenvalue weighted by Gasteiger charge is 2.25. The summed E-state index contributed by atoms with van der Waals surface area (Å²) in [6.07, 6.45) is 0.873. The number of carbonyl (C=O) groups is 1. The molecule has 3 aromatic rings. The van der Waals surface area contributed by atoms with Crippen LogP contribution in [-0.2, 0) is 4.79 Å². The van der Waals surface area contributed by atoms with Crippen LogP contribution in [0.5, 0.6) is 0 Å². The van der Waals surface area contributed by atoms with Crippen molar-refractivity contribution in [3.63, 3.8) is 0 Å². The third-order valence-electron chi connectivity index (χ3n) is 4.89. The fourth-order valence-corrected chi connectivity index (χ4v) is 3.54. The van der Waals surface area contributed by atoms with Gasteiger partial charge in [0.25, 0.3) is 0 Å². The molecule has 0 aliphatic carbocycles. The average molecular weight is 331 g/mol. The van der Waals surface area contributed by atoms with E-state index in [2.05, 4.69) is 48.0 Å². The molecule has 0 spiro atoms. The highest BCUT2D eigenvalue weighted by atomic mass is 16.2. The van der Waals surface area contributed by atoms with Gasteiger partial charge in [-0.1, -0.05) is 30.3 Å². The van der Waals surface area contributed by atoms with Gasteiger partial charge >= 0.3 is 0 Å². The number of aryl methyl sites for hydroxylation is 2. The summed E-state index contributed by atoms with van der Waals surface area (Å²) in [5.74, 6) is 1.04. The molecule has 0 bridgehead atoms. The molecule has 3 heterocycles. The van der Waals surface area contributed by atoms with Gasteiger partial charge in [0.15, 0.2) is 0 Å². The molecule has 4 nitrogen and oxygen atoms in total. The fourth-order valence-electron chi connectivity index (χ4n) is 3.54. The Hall–Kier alpha value is -2.88. The van der Waals surface area contributed by atoms with Crippen LogP contribution in [0.25, 0.3) is 17.1 Å². The van der Waals surface area contributed by atoms with Crippen molar-refractivity contribution in [2.75, 3.05) is 6.54 Å². The molecular weight excluding hydrogens is 310 g/mol. The molecule has 25 heavy (non-hydrogen) atoms. The minimum atomic E-state index is -0.0153. The van der Waals surface area contributed by atoms with Crippen LogP contribution in [0.15, 0.2) is 54.6 Å². The standard InChI is InChI=1S/C21H21N3O/c1-14-6-7-15(2)24(14)20-5-3-4-19(23-20)17-10-8-16(9-11-17)18-12-13-22-21(18)25/h3-11,18H,12-13H2,1-2H3,(H,22,25). The number of amides is 1. The van der Waals surface area contributed by atoms with Gasteiger partial charge in [0.05, 0.1) is 11.6 Å². The highest BCUT2D eigenvalue weighted by molar-refractivity contribution is 5.85. The molecule has 4 heteroatoms. The first-order valence-electron chi connectivity index (χ1n) is 8.64. The highest BCUT2D eigenvalue weighted by Crippen LogP contribution is 2.27. The number of aromatic nitrogens is 2. The van der Waals surface area contributed by atoms with Crippen LogP contribution in [0.3, 0.4) is 0 Å². The average Bonchev–Trinajstić information content (AvgIpc) is 3.20. The number of hydrogen-bond acceptors (Lipinski definition) is 2. The van der Waals surface area contributed by atoms with Gasteiger partial charge < -0.3 is 9.88 Å². The summed E-state index contributed by atoms with van der Waals surface area (Å²) in [5.41, 5.74) is 5.42. The molecule has 4 rings (SSSR count). The molecule has 1 N–H and O–H groups in total. The topological polar surface area (TPSA) is 46.9 Å². The number of hydrogen-bond donors (Lipinski definition) is 1. The van der Waals surface area contributed by atoms with Gasteiger partial charge in [-0.15, -0.1) is 0 Å². The maximum Gasteiger partial charge on any atom is 0.227 e. The number of benzene rings is 1. The molecule has 1 aliphatic rings. The lowest BCUT2D eigenvalue weighted by molar-refractivity contribution is -0.120. The van der Waals surface area contributed by atoms with E-state index in [-0.39, 0.29) is 11.8 Å². The van der Waals surface area contributed by atoms with Crippen molar-refractivity contribution >= 4 is 5.91 Å². The second-order valence-corrected chi connectivity index (χ2v) is 6.59. The maximum atomic E-state index is 11.8. The number of nitrogens with one attached hydrogen (secondary N) is 1. The van der Waals surface area contributed by atoms with Gasteiger partial charge in [0.1, 0.15) is 5.82 Å². The van der Waals surface area contributed by atoms with Crippen molar-refractivity contribution < 1.29 is 4.79 Å². The molecule has 0 radical (unpaired) electrons. The lowest BCUT2D eigenvalue weighted by Crippen LogP contribution is -2.17. The van der Waals surface area contributed by atoms with Crippen molar-refractivity contribution in [2.45, 2.75) is 26.2 Å². The summed E-state index contributed by atoms with van der Waals surface area (Å²) in [7, 11) is 0. The van der Waals surface area contributed by atoms with Gasteiger partial charge in [-0.2, -0.15) is 0 Å². The van der Waals surface area contributed by atoms with Gasteiger partial charge in [-0.3, -0.25) is 4.79 Å². The SMILES string of the molecule is Cc1ccc(C)n1-c1cccc(-c2ccc(C3CCNC3=O)cc2)n1. The molecule has 1 aromatic carbocycles.